The summed E-state index contributed by atoms with van der Waals surface area (Å²) in [7, 11) is 0. The van der Waals surface area contributed by atoms with Gasteiger partial charge in [0.15, 0.2) is 0 Å². The van der Waals surface area contributed by atoms with Gasteiger partial charge in [-0.05, 0) is 131 Å². The first kappa shape index (κ1) is 32.4. The molecule has 4 rings (SSSR count). The van der Waals surface area contributed by atoms with Crippen LogP contribution in [0.15, 0.2) is 34.9 Å². The van der Waals surface area contributed by atoms with Crippen molar-refractivity contribution in [3.05, 3.63) is 34.9 Å². The van der Waals surface area contributed by atoms with Crippen LogP contribution in [0.4, 0.5) is 4.79 Å². The summed E-state index contributed by atoms with van der Waals surface area (Å²) in [6, 6.07) is 0. The Labute approximate surface area is 253 Å². The third-order valence-electron chi connectivity index (χ3n) is 12.2. The second-order valence-corrected chi connectivity index (χ2v) is 15.7. The molecule has 0 unspecified atom stereocenters. The number of ether oxygens (including phenoxy) is 2. The Balaban J connectivity index is 1.30. The first-order valence-corrected chi connectivity index (χ1v) is 17.3. The van der Waals surface area contributed by atoms with Crippen LogP contribution in [0.5, 0.6) is 0 Å². The van der Waals surface area contributed by atoms with E-state index in [4.69, 9.17) is 9.47 Å². The fourth-order valence-electron chi connectivity index (χ4n) is 9.87. The molecule has 8 atom stereocenters. The van der Waals surface area contributed by atoms with Crippen LogP contribution >= 0.6 is 0 Å². The lowest BCUT2D eigenvalue weighted by Gasteiger charge is -2.58. The molecule has 0 aromatic rings. The van der Waals surface area contributed by atoms with E-state index < -0.39 is 6.16 Å². The zero-order valence-electron chi connectivity index (χ0n) is 27.9. The highest BCUT2D eigenvalue weighted by molar-refractivity contribution is 5.60. The van der Waals surface area contributed by atoms with Crippen molar-refractivity contribution in [2.45, 2.75) is 145 Å². The molecule has 3 saturated carbocycles. The van der Waals surface area contributed by atoms with Gasteiger partial charge in [-0.25, -0.2) is 4.79 Å². The Hall–Kier alpha value is -1.51. The lowest BCUT2D eigenvalue weighted by molar-refractivity contribution is -0.0613. The van der Waals surface area contributed by atoms with E-state index in [-0.39, 0.29) is 11.5 Å². The van der Waals surface area contributed by atoms with E-state index in [2.05, 4.69) is 67.5 Å². The molecular weight excluding hydrogens is 504 g/mol. The molecule has 0 bridgehead atoms. The number of rotatable bonds is 11. The molecule has 0 radical (unpaired) electrons. The first-order chi connectivity index (χ1) is 19.4. The summed E-state index contributed by atoms with van der Waals surface area (Å²) in [6.07, 6.45) is 22.4. The zero-order chi connectivity index (χ0) is 29.8. The highest BCUT2D eigenvalue weighted by Gasteiger charge is 2.59. The summed E-state index contributed by atoms with van der Waals surface area (Å²) in [5.74, 6) is 5.11. The fourth-order valence-corrected chi connectivity index (χ4v) is 9.87. The summed E-state index contributed by atoms with van der Waals surface area (Å²) in [5, 5.41) is 0. The molecular formula is C38H62O3. The number of hydrogen-bond acceptors (Lipinski definition) is 3. The van der Waals surface area contributed by atoms with Gasteiger partial charge in [0.2, 0.25) is 0 Å². The molecule has 0 amide bonds. The van der Waals surface area contributed by atoms with E-state index in [9.17, 15) is 4.79 Å². The average Bonchev–Trinajstić information content (AvgIpc) is 3.25. The highest BCUT2D eigenvalue weighted by Crippen LogP contribution is 2.67. The summed E-state index contributed by atoms with van der Waals surface area (Å²) in [4.78, 5) is 12.5. The molecule has 232 valence electrons. The summed E-state index contributed by atoms with van der Waals surface area (Å²) in [6.45, 7) is 19.2. The van der Waals surface area contributed by atoms with Crippen molar-refractivity contribution in [2.24, 2.45) is 46.3 Å². The van der Waals surface area contributed by atoms with Crippen LogP contribution < -0.4 is 0 Å². The third-order valence-corrected chi connectivity index (χ3v) is 12.2. The average molecular weight is 567 g/mol. The van der Waals surface area contributed by atoms with E-state index in [1.807, 2.05) is 6.08 Å². The number of carbonyl (C=O) groups excluding carboxylic acids is 1. The fraction of sp³-hybridized carbons (Fsp3) is 0.816. The van der Waals surface area contributed by atoms with E-state index in [0.717, 1.165) is 67.6 Å². The molecule has 0 aliphatic heterocycles. The molecule has 0 heterocycles. The van der Waals surface area contributed by atoms with Crippen molar-refractivity contribution in [2.75, 3.05) is 6.61 Å². The monoisotopic (exact) mass is 566 g/mol. The van der Waals surface area contributed by atoms with Gasteiger partial charge in [0, 0.05) is 6.42 Å². The van der Waals surface area contributed by atoms with Crippen molar-refractivity contribution in [3.8, 4) is 0 Å². The number of allylic oxidation sites excluding steroid dienone is 4. The molecule has 41 heavy (non-hydrogen) atoms. The molecule has 0 aromatic carbocycles. The Kier molecular flexibility index (Phi) is 10.9. The van der Waals surface area contributed by atoms with Crippen molar-refractivity contribution in [1.29, 1.82) is 0 Å². The van der Waals surface area contributed by atoms with Gasteiger partial charge in [-0.3, -0.25) is 0 Å². The minimum absolute atomic E-state index is 0.0440. The minimum atomic E-state index is -0.505. The number of carbonyl (C=O) groups is 1. The van der Waals surface area contributed by atoms with Crippen LogP contribution in [0.2, 0.25) is 0 Å². The smallest absolute Gasteiger partial charge is 0.431 e. The molecule has 3 nitrogen and oxygen atoms in total. The standard InChI is InChI=1S/C38H62O3/c1-26(2)11-9-13-28(5)21-24-40-36(39)41-31-19-22-37(7)30(25-31)15-16-32-34-18-17-33(29(6)14-10-12-27(3)4)38(34,8)23-20-35(32)37/h11,15,21,27,29,31-35H,9-10,12-14,16-20,22-25H2,1-8H3/b28-21+/t29-,31+,32-,33+,34-,35-,37-,38+/m0/s1. The third kappa shape index (κ3) is 7.53. The van der Waals surface area contributed by atoms with Gasteiger partial charge in [0.1, 0.15) is 12.7 Å². The molecule has 0 N–H and O–H groups in total. The van der Waals surface area contributed by atoms with Crippen LogP contribution in [0.1, 0.15) is 139 Å². The second-order valence-electron chi connectivity index (χ2n) is 15.7. The van der Waals surface area contributed by atoms with Gasteiger partial charge in [-0.2, -0.15) is 0 Å². The van der Waals surface area contributed by atoms with E-state index in [1.54, 1.807) is 5.57 Å². The van der Waals surface area contributed by atoms with Gasteiger partial charge < -0.3 is 9.47 Å². The van der Waals surface area contributed by atoms with Gasteiger partial charge in [0.05, 0.1) is 0 Å². The number of fused-ring (bicyclic) bond motifs is 5. The topological polar surface area (TPSA) is 35.5 Å². The summed E-state index contributed by atoms with van der Waals surface area (Å²) < 4.78 is 11.3. The summed E-state index contributed by atoms with van der Waals surface area (Å²) in [5.41, 5.74) is 4.97. The molecule has 4 aliphatic carbocycles. The normalized spacial score (nSPS) is 35.6. The number of hydrogen-bond donors (Lipinski definition) is 0. The van der Waals surface area contributed by atoms with E-state index in [1.165, 1.54) is 62.5 Å². The van der Waals surface area contributed by atoms with Crippen LogP contribution in [-0.2, 0) is 9.47 Å². The van der Waals surface area contributed by atoms with Crippen LogP contribution in [0, 0.1) is 46.3 Å². The lowest BCUT2D eigenvalue weighted by Crippen LogP contribution is -2.51. The quantitative estimate of drug-likeness (QED) is 0.184. The van der Waals surface area contributed by atoms with Crippen molar-refractivity contribution in [3.63, 3.8) is 0 Å². The Morgan fingerprint density at radius 1 is 1.00 bits per heavy atom. The molecule has 0 aromatic heterocycles. The predicted octanol–water partition coefficient (Wildman–Crippen LogP) is 11.2. The van der Waals surface area contributed by atoms with E-state index in [0.29, 0.717) is 12.0 Å². The maximum atomic E-state index is 12.5. The second kappa shape index (κ2) is 13.9. The Morgan fingerprint density at radius 3 is 2.51 bits per heavy atom. The van der Waals surface area contributed by atoms with Crippen LogP contribution in [0.25, 0.3) is 0 Å². The Morgan fingerprint density at radius 2 is 1.78 bits per heavy atom. The van der Waals surface area contributed by atoms with Crippen molar-refractivity contribution in [1.82, 2.24) is 0 Å². The first-order valence-electron chi connectivity index (χ1n) is 17.3. The van der Waals surface area contributed by atoms with Crippen LogP contribution in [0.3, 0.4) is 0 Å². The Bertz CT molecular complexity index is 983. The molecule has 4 aliphatic rings. The van der Waals surface area contributed by atoms with Gasteiger partial charge in [0.25, 0.3) is 0 Å². The van der Waals surface area contributed by atoms with Gasteiger partial charge in [-0.1, -0.05) is 82.8 Å². The van der Waals surface area contributed by atoms with E-state index >= 15 is 0 Å². The lowest BCUT2D eigenvalue weighted by atomic mass is 9.47. The molecule has 3 fully saturated rings. The molecule has 0 spiro atoms. The predicted molar refractivity (Wildman–Crippen MR) is 172 cm³/mol. The largest absolute Gasteiger partial charge is 0.508 e. The van der Waals surface area contributed by atoms with Crippen molar-refractivity contribution < 1.29 is 14.3 Å². The highest BCUT2D eigenvalue weighted by atomic mass is 16.7. The van der Waals surface area contributed by atoms with Crippen molar-refractivity contribution >= 4 is 6.16 Å². The van der Waals surface area contributed by atoms with Gasteiger partial charge in [-0.15, -0.1) is 0 Å². The van der Waals surface area contributed by atoms with Crippen LogP contribution in [-0.4, -0.2) is 18.9 Å². The molecule has 3 heteroatoms. The maximum Gasteiger partial charge on any atom is 0.508 e. The maximum absolute atomic E-state index is 12.5. The zero-order valence-corrected chi connectivity index (χ0v) is 27.9. The van der Waals surface area contributed by atoms with Gasteiger partial charge >= 0.3 is 6.16 Å². The molecule has 0 saturated heterocycles. The SMILES string of the molecule is CC(C)=CCC/C(C)=C/COC(=O)O[C@@H]1CC[C@@]2(C)C(=CC[C@H]3[C@@H]4CC[C@H]([C@@H](C)CCCC(C)C)[C@@]4(C)CC[C@@H]32)C1. The minimum Gasteiger partial charge on any atom is -0.431 e. The summed E-state index contributed by atoms with van der Waals surface area (Å²) >= 11 is 0.